The van der Waals surface area contributed by atoms with E-state index in [9.17, 15) is 29.8 Å². The van der Waals surface area contributed by atoms with Gasteiger partial charge in [-0.3, -0.25) is 34.7 Å². The van der Waals surface area contributed by atoms with Crippen LogP contribution in [0.3, 0.4) is 0 Å². The first-order valence-corrected chi connectivity index (χ1v) is 13.2. The lowest BCUT2D eigenvalue weighted by Gasteiger charge is -2.14. The third-order valence-corrected chi connectivity index (χ3v) is 7.16. The Morgan fingerprint density at radius 1 is 0.857 bits per heavy atom. The normalized spacial score (nSPS) is 13.9. The lowest BCUT2D eigenvalue weighted by atomic mass is 10.1. The second-order valence-corrected chi connectivity index (χ2v) is 9.83. The molecule has 13 heteroatoms. The molecule has 1 saturated heterocycles. The molecule has 1 aliphatic heterocycles. The zero-order valence-electron chi connectivity index (χ0n) is 21.9. The minimum absolute atomic E-state index is 0.0476. The van der Waals surface area contributed by atoms with E-state index in [4.69, 9.17) is 14.2 Å². The predicted molar refractivity (Wildman–Crippen MR) is 155 cm³/mol. The van der Waals surface area contributed by atoms with Gasteiger partial charge in [-0.15, -0.1) is 0 Å². The standard InChI is InChI=1S/C29H21N3O9S/c1-39-25-11-9-18(15-26(25)41-24-12-10-20(31(35)36)17-22(24)32(37)38)16-27-28(33)30(29(34)42-27)13-14-40-23-8-4-6-19-5-2-3-7-21(19)23/h2-12,15-17H,13-14H2,1H3/b27-16-. The summed E-state index contributed by atoms with van der Waals surface area (Å²) < 4.78 is 16.9. The summed E-state index contributed by atoms with van der Waals surface area (Å²) in [5, 5.41) is 24.1. The van der Waals surface area contributed by atoms with Gasteiger partial charge in [-0.05, 0) is 53.1 Å². The number of thioether (sulfide) groups is 1. The Morgan fingerprint density at radius 3 is 2.38 bits per heavy atom. The van der Waals surface area contributed by atoms with Crippen LogP contribution in [0.15, 0.2) is 83.8 Å². The number of methoxy groups -OCH3 is 1. The number of non-ortho nitro benzene ring substituents is 1. The highest BCUT2D eigenvalue weighted by atomic mass is 32.2. The van der Waals surface area contributed by atoms with Crippen LogP contribution in [0, 0.1) is 20.2 Å². The Hall–Kier alpha value is -5.43. The summed E-state index contributed by atoms with van der Waals surface area (Å²) in [6.45, 7) is 0.153. The van der Waals surface area contributed by atoms with Gasteiger partial charge in [-0.25, -0.2) is 0 Å². The van der Waals surface area contributed by atoms with Crippen molar-refractivity contribution in [3.8, 4) is 23.0 Å². The number of benzene rings is 4. The lowest BCUT2D eigenvalue weighted by Crippen LogP contribution is -2.32. The van der Waals surface area contributed by atoms with Crippen LogP contribution in [0.2, 0.25) is 0 Å². The Balaban J connectivity index is 1.32. The number of rotatable bonds is 10. The molecule has 42 heavy (non-hydrogen) atoms. The number of carbonyl (C=O) groups is 2. The molecule has 0 saturated carbocycles. The van der Waals surface area contributed by atoms with Gasteiger partial charge >= 0.3 is 5.69 Å². The SMILES string of the molecule is COc1ccc(/C=C2\SC(=O)N(CCOc3cccc4ccccc34)C2=O)cc1Oc1ccc([N+](=O)[O-])cc1[N+](=O)[O-]. The van der Waals surface area contributed by atoms with Gasteiger partial charge < -0.3 is 14.2 Å². The molecular weight excluding hydrogens is 566 g/mol. The molecule has 0 aromatic heterocycles. The molecule has 0 N–H and O–H groups in total. The molecule has 1 aliphatic rings. The van der Waals surface area contributed by atoms with E-state index in [0.717, 1.165) is 45.6 Å². The minimum atomic E-state index is -0.793. The summed E-state index contributed by atoms with van der Waals surface area (Å²) in [4.78, 5) is 48.0. The van der Waals surface area contributed by atoms with Gasteiger partial charge in [0.25, 0.3) is 16.8 Å². The summed E-state index contributed by atoms with van der Waals surface area (Å²) in [6.07, 6.45) is 1.49. The van der Waals surface area contributed by atoms with Gasteiger partial charge in [0.05, 0.1) is 34.5 Å². The summed E-state index contributed by atoms with van der Waals surface area (Å²) in [6, 6.07) is 21.0. The van der Waals surface area contributed by atoms with E-state index in [1.165, 1.54) is 25.3 Å². The predicted octanol–water partition coefficient (Wildman–Crippen LogP) is 6.57. The zero-order chi connectivity index (χ0) is 29.8. The van der Waals surface area contributed by atoms with E-state index in [1.54, 1.807) is 6.07 Å². The maximum absolute atomic E-state index is 13.1. The zero-order valence-corrected chi connectivity index (χ0v) is 22.7. The monoisotopic (exact) mass is 587 g/mol. The molecule has 0 aliphatic carbocycles. The summed E-state index contributed by atoms with van der Waals surface area (Å²) >= 11 is 0.774. The summed E-state index contributed by atoms with van der Waals surface area (Å²) in [7, 11) is 1.37. The van der Waals surface area contributed by atoms with Gasteiger partial charge in [-0.2, -0.15) is 0 Å². The maximum atomic E-state index is 13.1. The molecule has 1 heterocycles. The molecule has 1 fully saturated rings. The Kier molecular flexibility index (Phi) is 8.02. The highest BCUT2D eigenvalue weighted by molar-refractivity contribution is 8.18. The third kappa shape index (κ3) is 5.86. The van der Waals surface area contributed by atoms with Crippen LogP contribution in [-0.4, -0.2) is 46.2 Å². The van der Waals surface area contributed by atoms with E-state index in [2.05, 4.69) is 0 Å². The number of ether oxygens (including phenoxy) is 3. The number of hydrogen-bond acceptors (Lipinski definition) is 10. The molecule has 0 spiro atoms. The second kappa shape index (κ2) is 12.0. The van der Waals surface area contributed by atoms with Crippen LogP contribution in [0.4, 0.5) is 16.2 Å². The number of fused-ring (bicyclic) bond motifs is 1. The number of hydrogen-bond donors (Lipinski definition) is 0. The van der Waals surface area contributed by atoms with Gasteiger partial charge in [0.2, 0.25) is 5.75 Å². The van der Waals surface area contributed by atoms with Crippen molar-refractivity contribution in [3.63, 3.8) is 0 Å². The van der Waals surface area contributed by atoms with Crippen LogP contribution < -0.4 is 14.2 Å². The van der Waals surface area contributed by atoms with Crippen molar-refractivity contribution in [3.05, 3.63) is 110 Å². The highest BCUT2D eigenvalue weighted by Crippen LogP contribution is 2.40. The number of carbonyl (C=O) groups excluding carboxylic acids is 2. The largest absolute Gasteiger partial charge is 0.493 e. The van der Waals surface area contributed by atoms with Gasteiger partial charge in [-0.1, -0.05) is 42.5 Å². The molecule has 0 bridgehead atoms. The second-order valence-electron chi connectivity index (χ2n) is 8.84. The molecule has 4 aromatic rings. The third-order valence-electron chi connectivity index (χ3n) is 6.25. The number of nitro benzene ring substituents is 2. The number of nitro groups is 2. The number of imide groups is 1. The average molecular weight is 588 g/mol. The van der Waals surface area contributed by atoms with E-state index in [0.29, 0.717) is 11.3 Å². The van der Waals surface area contributed by atoms with E-state index < -0.39 is 32.4 Å². The molecule has 4 aromatic carbocycles. The van der Waals surface area contributed by atoms with Crippen LogP contribution in [0.25, 0.3) is 16.8 Å². The van der Waals surface area contributed by atoms with E-state index in [-0.39, 0.29) is 35.3 Å². The average Bonchev–Trinajstić information content (AvgIpc) is 3.24. The van der Waals surface area contributed by atoms with Crippen LogP contribution >= 0.6 is 11.8 Å². The molecule has 0 radical (unpaired) electrons. The van der Waals surface area contributed by atoms with Crippen molar-refractivity contribution in [2.75, 3.05) is 20.3 Å². The molecule has 0 atom stereocenters. The van der Waals surface area contributed by atoms with Gasteiger partial charge in [0, 0.05) is 11.5 Å². The van der Waals surface area contributed by atoms with Crippen molar-refractivity contribution < 1.29 is 33.6 Å². The fraction of sp³-hybridized carbons (Fsp3) is 0.103. The Morgan fingerprint density at radius 2 is 1.62 bits per heavy atom. The number of nitrogens with zero attached hydrogens (tertiary/aromatic N) is 3. The highest BCUT2D eigenvalue weighted by Gasteiger charge is 2.35. The van der Waals surface area contributed by atoms with Crippen molar-refractivity contribution in [1.29, 1.82) is 0 Å². The number of amides is 2. The van der Waals surface area contributed by atoms with E-state index in [1.807, 2.05) is 42.5 Å². The van der Waals surface area contributed by atoms with Crippen molar-refractivity contribution in [2.45, 2.75) is 0 Å². The van der Waals surface area contributed by atoms with Crippen LogP contribution in [-0.2, 0) is 4.79 Å². The van der Waals surface area contributed by atoms with Crippen molar-refractivity contribution in [1.82, 2.24) is 4.90 Å². The van der Waals surface area contributed by atoms with Gasteiger partial charge in [0.15, 0.2) is 11.5 Å². The molecule has 212 valence electrons. The first-order chi connectivity index (χ1) is 20.2. The molecule has 5 rings (SSSR count). The molecule has 12 nitrogen and oxygen atoms in total. The topological polar surface area (TPSA) is 151 Å². The fourth-order valence-electron chi connectivity index (χ4n) is 4.24. The van der Waals surface area contributed by atoms with Crippen LogP contribution in [0.1, 0.15) is 5.56 Å². The summed E-state index contributed by atoms with van der Waals surface area (Å²) in [5.74, 6) is 0.197. The quantitative estimate of drug-likeness (QED) is 0.113. The van der Waals surface area contributed by atoms with Gasteiger partial charge in [0.1, 0.15) is 12.4 Å². The minimum Gasteiger partial charge on any atom is -0.493 e. The Bertz CT molecular complexity index is 1770. The Labute approximate surface area is 242 Å². The van der Waals surface area contributed by atoms with Crippen molar-refractivity contribution in [2.24, 2.45) is 0 Å². The fourth-order valence-corrected chi connectivity index (χ4v) is 5.11. The molecule has 2 amide bonds. The first kappa shape index (κ1) is 28.1. The lowest BCUT2D eigenvalue weighted by molar-refractivity contribution is -0.394. The summed E-state index contributed by atoms with van der Waals surface area (Å²) in [5.41, 5.74) is -0.621. The molecule has 0 unspecified atom stereocenters. The van der Waals surface area contributed by atoms with Crippen molar-refractivity contribution >= 4 is 51.1 Å². The first-order valence-electron chi connectivity index (χ1n) is 12.4. The smallest absolute Gasteiger partial charge is 0.318 e. The van der Waals surface area contributed by atoms with E-state index >= 15 is 0 Å². The maximum Gasteiger partial charge on any atom is 0.318 e. The van der Waals surface area contributed by atoms with Crippen LogP contribution in [0.5, 0.6) is 23.0 Å². The molecular formula is C29H21N3O9S.